The number of carbonyl (C=O) groups excluding carboxylic acids is 1. The number of allylic oxidation sites excluding steroid dienone is 2. The van der Waals surface area contributed by atoms with Gasteiger partial charge in [0.05, 0.1) is 5.71 Å². The predicted octanol–water partition coefficient (Wildman–Crippen LogP) is 1.81. The molecule has 0 saturated heterocycles. The number of rotatable bonds is 4. The van der Waals surface area contributed by atoms with Gasteiger partial charge >= 0.3 is 6.03 Å². The monoisotopic (exact) mass is 275 g/mol. The molecule has 0 bridgehead atoms. The fraction of sp³-hybridized carbons (Fsp3) is 0.357. The number of hydrogen-bond donors (Lipinski definition) is 3. The molecule has 6 nitrogen and oxygen atoms in total. The highest BCUT2D eigenvalue weighted by atomic mass is 16.2. The Hall–Kier alpha value is -2.37. The number of carbonyl (C=O) groups is 1. The van der Waals surface area contributed by atoms with Crippen LogP contribution in [0.5, 0.6) is 0 Å². The van der Waals surface area contributed by atoms with Crippen molar-refractivity contribution in [1.82, 2.24) is 10.3 Å². The van der Waals surface area contributed by atoms with Crippen molar-refractivity contribution in [3.05, 3.63) is 34.7 Å². The normalized spacial score (nSPS) is 12.8. The lowest BCUT2D eigenvalue weighted by Crippen LogP contribution is -2.29. The van der Waals surface area contributed by atoms with E-state index in [1.54, 1.807) is 20.2 Å². The molecule has 1 rings (SSSR count). The lowest BCUT2D eigenvalue weighted by molar-refractivity contribution is 0.251. The standard InChI is InChI=1S/C14H21N5O/c1-8-6-11(7-18-13(8)17-5)12(16-4)9(2)10(3)19-14(15)20/h6-7H,1-5H3,(H,17,18)(H3,15,19,20)/b10-9+,16-12+. The Morgan fingerprint density at radius 2 is 2.05 bits per heavy atom. The average molecular weight is 275 g/mol. The van der Waals surface area contributed by atoms with Crippen molar-refractivity contribution >= 4 is 17.6 Å². The van der Waals surface area contributed by atoms with Crippen LogP contribution in [0.25, 0.3) is 0 Å². The number of amides is 2. The Morgan fingerprint density at radius 3 is 2.50 bits per heavy atom. The summed E-state index contributed by atoms with van der Waals surface area (Å²) in [4.78, 5) is 19.5. The number of anilines is 1. The first-order valence-corrected chi connectivity index (χ1v) is 6.26. The van der Waals surface area contributed by atoms with Gasteiger partial charge in [-0.2, -0.15) is 0 Å². The SMILES string of the molecule is C/N=C(\C(C)=C(/C)NC(N)=O)c1cnc(NC)c(C)c1. The second kappa shape index (κ2) is 6.70. The molecule has 0 aliphatic rings. The Labute approximate surface area is 119 Å². The van der Waals surface area contributed by atoms with Crippen LogP contribution in [0.2, 0.25) is 0 Å². The lowest BCUT2D eigenvalue weighted by Gasteiger charge is -2.12. The van der Waals surface area contributed by atoms with Gasteiger partial charge in [-0.25, -0.2) is 9.78 Å². The molecule has 0 atom stereocenters. The maximum absolute atomic E-state index is 10.9. The summed E-state index contributed by atoms with van der Waals surface area (Å²) >= 11 is 0. The third kappa shape index (κ3) is 3.57. The Bertz CT molecular complexity index is 575. The zero-order chi connectivity index (χ0) is 15.3. The molecule has 6 heteroatoms. The number of pyridine rings is 1. The summed E-state index contributed by atoms with van der Waals surface area (Å²) in [5, 5.41) is 5.59. The van der Waals surface area contributed by atoms with Gasteiger partial charge in [-0.3, -0.25) is 4.99 Å². The minimum absolute atomic E-state index is 0.586. The van der Waals surface area contributed by atoms with Gasteiger partial charge in [0, 0.05) is 31.6 Å². The van der Waals surface area contributed by atoms with E-state index in [-0.39, 0.29) is 0 Å². The summed E-state index contributed by atoms with van der Waals surface area (Å²) in [6, 6.07) is 1.42. The van der Waals surface area contributed by atoms with Crippen molar-refractivity contribution in [2.24, 2.45) is 10.7 Å². The fourth-order valence-corrected chi connectivity index (χ4v) is 1.94. The number of primary amides is 1. The van der Waals surface area contributed by atoms with Gasteiger partial charge < -0.3 is 16.4 Å². The van der Waals surface area contributed by atoms with E-state index in [0.717, 1.165) is 28.2 Å². The number of aliphatic imine (C=N–C) groups is 1. The average Bonchev–Trinajstić information content (AvgIpc) is 2.38. The number of nitrogens with one attached hydrogen (secondary N) is 2. The van der Waals surface area contributed by atoms with Crippen molar-refractivity contribution in [2.75, 3.05) is 19.4 Å². The van der Waals surface area contributed by atoms with Gasteiger partial charge in [0.15, 0.2) is 0 Å². The van der Waals surface area contributed by atoms with Crippen LogP contribution in [-0.2, 0) is 0 Å². The summed E-state index contributed by atoms with van der Waals surface area (Å²) in [5.74, 6) is 0.831. The van der Waals surface area contributed by atoms with E-state index in [1.807, 2.05) is 27.0 Å². The van der Waals surface area contributed by atoms with Gasteiger partial charge in [0.25, 0.3) is 0 Å². The minimum atomic E-state index is -0.586. The predicted molar refractivity (Wildman–Crippen MR) is 82.1 cm³/mol. The smallest absolute Gasteiger partial charge is 0.316 e. The molecule has 0 spiro atoms. The number of aryl methyl sites for hydroxylation is 1. The summed E-state index contributed by atoms with van der Waals surface area (Å²) in [5.41, 5.74) is 9.35. The van der Waals surface area contributed by atoms with E-state index in [2.05, 4.69) is 20.6 Å². The molecule has 0 aliphatic heterocycles. The van der Waals surface area contributed by atoms with E-state index in [9.17, 15) is 4.79 Å². The van der Waals surface area contributed by atoms with Crippen molar-refractivity contribution < 1.29 is 4.79 Å². The summed E-state index contributed by atoms with van der Waals surface area (Å²) < 4.78 is 0. The molecular weight excluding hydrogens is 254 g/mol. The van der Waals surface area contributed by atoms with E-state index < -0.39 is 6.03 Å². The quantitative estimate of drug-likeness (QED) is 0.732. The maximum atomic E-state index is 10.9. The summed E-state index contributed by atoms with van der Waals surface area (Å²) in [7, 11) is 3.54. The first-order chi connectivity index (χ1) is 9.40. The van der Waals surface area contributed by atoms with Crippen molar-refractivity contribution in [3.8, 4) is 0 Å². The summed E-state index contributed by atoms with van der Waals surface area (Å²) in [6.07, 6.45) is 1.75. The van der Waals surface area contributed by atoms with Gasteiger partial charge in [0.1, 0.15) is 5.82 Å². The van der Waals surface area contributed by atoms with Crippen molar-refractivity contribution in [2.45, 2.75) is 20.8 Å². The van der Waals surface area contributed by atoms with Crippen molar-refractivity contribution in [3.63, 3.8) is 0 Å². The van der Waals surface area contributed by atoms with Crippen LogP contribution < -0.4 is 16.4 Å². The zero-order valence-electron chi connectivity index (χ0n) is 12.5. The van der Waals surface area contributed by atoms with Gasteiger partial charge in [-0.15, -0.1) is 0 Å². The molecule has 0 saturated carbocycles. The highest BCUT2D eigenvalue weighted by Gasteiger charge is 2.11. The minimum Gasteiger partial charge on any atom is -0.373 e. The lowest BCUT2D eigenvalue weighted by atomic mass is 10.0. The molecule has 108 valence electrons. The molecule has 1 aromatic rings. The van der Waals surface area contributed by atoms with E-state index in [4.69, 9.17) is 5.73 Å². The Balaban J connectivity index is 3.21. The third-order valence-electron chi connectivity index (χ3n) is 3.04. The fourth-order valence-electron chi connectivity index (χ4n) is 1.94. The van der Waals surface area contributed by atoms with Gasteiger partial charge in [0.2, 0.25) is 0 Å². The molecule has 0 unspecified atom stereocenters. The van der Waals surface area contributed by atoms with Gasteiger partial charge in [-0.1, -0.05) is 0 Å². The molecule has 0 fully saturated rings. The second-order valence-corrected chi connectivity index (χ2v) is 4.45. The molecule has 1 aromatic heterocycles. The summed E-state index contributed by atoms with van der Waals surface area (Å²) in [6.45, 7) is 5.64. The molecule has 2 amide bonds. The molecule has 4 N–H and O–H groups in total. The Morgan fingerprint density at radius 1 is 1.40 bits per heavy atom. The van der Waals surface area contributed by atoms with Crippen LogP contribution in [0.3, 0.4) is 0 Å². The molecule has 20 heavy (non-hydrogen) atoms. The van der Waals surface area contributed by atoms with Crippen LogP contribution in [0.15, 0.2) is 28.5 Å². The first-order valence-electron chi connectivity index (χ1n) is 6.26. The topological polar surface area (TPSA) is 92.4 Å². The number of urea groups is 1. The first kappa shape index (κ1) is 15.7. The maximum Gasteiger partial charge on any atom is 0.316 e. The number of nitrogens with zero attached hydrogens (tertiary/aromatic N) is 2. The number of nitrogens with two attached hydrogens (primary N) is 1. The Kier molecular flexibility index (Phi) is 5.25. The molecule has 0 radical (unpaired) electrons. The number of hydrogen-bond acceptors (Lipinski definition) is 4. The molecule has 0 aromatic carbocycles. The zero-order valence-corrected chi connectivity index (χ0v) is 12.5. The highest BCUT2D eigenvalue weighted by Crippen LogP contribution is 2.17. The van der Waals surface area contributed by atoms with Crippen LogP contribution in [0, 0.1) is 6.92 Å². The van der Waals surface area contributed by atoms with Crippen LogP contribution in [-0.4, -0.2) is 30.8 Å². The van der Waals surface area contributed by atoms with E-state index in [1.165, 1.54) is 0 Å². The van der Waals surface area contributed by atoms with Gasteiger partial charge in [-0.05, 0) is 38.0 Å². The third-order valence-corrected chi connectivity index (χ3v) is 3.04. The van der Waals surface area contributed by atoms with Crippen molar-refractivity contribution in [1.29, 1.82) is 0 Å². The molecular formula is C14H21N5O. The van der Waals surface area contributed by atoms with Crippen LogP contribution in [0.4, 0.5) is 10.6 Å². The van der Waals surface area contributed by atoms with Crippen LogP contribution >= 0.6 is 0 Å². The van der Waals surface area contributed by atoms with Crippen LogP contribution in [0.1, 0.15) is 25.0 Å². The largest absolute Gasteiger partial charge is 0.373 e. The number of aromatic nitrogens is 1. The molecule has 1 heterocycles. The van der Waals surface area contributed by atoms with E-state index >= 15 is 0 Å². The van der Waals surface area contributed by atoms with E-state index in [0.29, 0.717) is 5.70 Å². The molecule has 0 aliphatic carbocycles. The second-order valence-electron chi connectivity index (χ2n) is 4.45. The highest BCUT2D eigenvalue weighted by molar-refractivity contribution is 6.12.